The van der Waals surface area contributed by atoms with Gasteiger partial charge < -0.3 is 10.3 Å². The Morgan fingerprint density at radius 2 is 2.00 bits per heavy atom. The van der Waals surface area contributed by atoms with E-state index in [0.29, 0.717) is 6.54 Å². The van der Waals surface area contributed by atoms with Crippen LogP contribution in [-0.4, -0.2) is 20.4 Å². The lowest BCUT2D eigenvalue weighted by Gasteiger charge is -2.11. The summed E-state index contributed by atoms with van der Waals surface area (Å²) in [5.41, 5.74) is 8.56. The van der Waals surface area contributed by atoms with Crippen LogP contribution in [0.4, 0.5) is 0 Å². The maximum absolute atomic E-state index is 7.68. The molecule has 3 aromatic rings. The Hall–Kier alpha value is -2.95. The van der Waals surface area contributed by atoms with Crippen molar-refractivity contribution >= 4 is 5.84 Å². The number of aromatic nitrogens is 3. The Kier molecular flexibility index (Phi) is 3.96. The van der Waals surface area contributed by atoms with Crippen molar-refractivity contribution in [1.29, 1.82) is 5.41 Å². The van der Waals surface area contributed by atoms with Crippen LogP contribution in [0, 0.1) is 5.41 Å². The highest BCUT2D eigenvalue weighted by Gasteiger charge is 2.09. The van der Waals surface area contributed by atoms with Crippen molar-refractivity contribution in [2.24, 2.45) is 5.73 Å². The van der Waals surface area contributed by atoms with Crippen LogP contribution < -0.4 is 5.73 Å². The third-order valence-electron chi connectivity index (χ3n) is 3.53. The van der Waals surface area contributed by atoms with E-state index in [1.807, 2.05) is 48.8 Å². The van der Waals surface area contributed by atoms with Gasteiger partial charge in [-0.25, -0.2) is 4.98 Å². The molecule has 0 unspecified atom stereocenters. The fourth-order valence-electron chi connectivity index (χ4n) is 2.44. The molecule has 0 amide bonds. The number of imidazole rings is 1. The summed E-state index contributed by atoms with van der Waals surface area (Å²) in [5.74, 6) is 1.05. The fraction of sp³-hybridized carbons (Fsp3) is 0.118. The second-order valence-corrected chi connectivity index (χ2v) is 5.08. The highest BCUT2D eigenvalue weighted by Crippen LogP contribution is 2.13. The van der Waals surface area contributed by atoms with Crippen molar-refractivity contribution in [3.8, 4) is 0 Å². The van der Waals surface area contributed by atoms with Crippen LogP contribution in [0.5, 0.6) is 0 Å². The first kappa shape index (κ1) is 14.0. The zero-order chi connectivity index (χ0) is 15.4. The van der Waals surface area contributed by atoms with Crippen molar-refractivity contribution < 1.29 is 0 Å². The van der Waals surface area contributed by atoms with Crippen molar-refractivity contribution in [1.82, 2.24) is 14.5 Å². The molecule has 1 aromatic carbocycles. The molecule has 3 rings (SSSR count). The molecule has 3 N–H and O–H groups in total. The van der Waals surface area contributed by atoms with Crippen molar-refractivity contribution in [2.45, 2.75) is 13.0 Å². The number of benzene rings is 1. The van der Waals surface area contributed by atoms with Gasteiger partial charge in [0.25, 0.3) is 0 Å². The molecular formula is C17H17N5. The van der Waals surface area contributed by atoms with Crippen molar-refractivity contribution in [3.05, 3.63) is 83.7 Å². The Bertz CT molecular complexity index is 777. The van der Waals surface area contributed by atoms with Crippen molar-refractivity contribution in [2.75, 3.05) is 0 Å². The minimum Gasteiger partial charge on any atom is -0.384 e. The smallest absolute Gasteiger partial charge is 0.123 e. The standard InChI is InChI=1S/C17H17N5/c18-17(19)15-6-2-1-5-14(15)12-22-9-8-21-16(22)10-13-4-3-7-20-11-13/h1-9,11H,10,12H2,(H3,18,19). The zero-order valence-corrected chi connectivity index (χ0v) is 12.1. The van der Waals surface area contributed by atoms with Gasteiger partial charge in [0, 0.05) is 43.3 Å². The second-order valence-electron chi connectivity index (χ2n) is 5.08. The zero-order valence-electron chi connectivity index (χ0n) is 12.1. The maximum Gasteiger partial charge on any atom is 0.123 e. The minimum absolute atomic E-state index is 0.0875. The van der Waals surface area contributed by atoms with Gasteiger partial charge in [0.05, 0.1) is 0 Å². The largest absolute Gasteiger partial charge is 0.384 e. The Morgan fingerprint density at radius 3 is 2.77 bits per heavy atom. The Balaban J connectivity index is 1.86. The number of rotatable bonds is 5. The molecule has 2 heterocycles. The van der Waals surface area contributed by atoms with Gasteiger partial charge in [0.15, 0.2) is 0 Å². The van der Waals surface area contributed by atoms with Crippen LogP contribution in [0.1, 0.15) is 22.5 Å². The van der Waals surface area contributed by atoms with Crippen molar-refractivity contribution in [3.63, 3.8) is 0 Å². The average molecular weight is 291 g/mol. The van der Waals surface area contributed by atoms with Gasteiger partial charge in [-0.15, -0.1) is 0 Å². The summed E-state index contributed by atoms with van der Waals surface area (Å²) in [4.78, 5) is 8.57. The number of hydrogen-bond donors (Lipinski definition) is 2. The quantitative estimate of drug-likeness (QED) is 0.558. The molecule has 110 valence electrons. The first-order chi connectivity index (χ1) is 10.7. The molecule has 5 nitrogen and oxygen atoms in total. The molecule has 0 atom stereocenters. The third-order valence-corrected chi connectivity index (χ3v) is 3.53. The Labute approximate surface area is 129 Å². The van der Waals surface area contributed by atoms with Crippen LogP contribution in [0.3, 0.4) is 0 Å². The lowest BCUT2D eigenvalue weighted by atomic mass is 10.1. The van der Waals surface area contributed by atoms with Crippen LogP contribution in [0.15, 0.2) is 61.2 Å². The first-order valence-electron chi connectivity index (χ1n) is 7.05. The maximum atomic E-state index is 7.68. The average Bonchev–Trinajstić information content (AvgIpc) is 2.96. The van der Waals surface area contributed by atoms with Gasteiger partial charge in [-0.05, 0) is 17.2 Å². The second kappa shape index (κ2) is 6.22. The summed E-state index contributed by atoms with van der Waals surface area (Å²) < 4.78 is 2.08. The summed E-state index contributed by atoms with van der Waals surface area (Å²) in [6, 6.07) is 11.7. The molecule has 2 aromatic heterocycles. The van der Waals surface area contributed by atoms with Gasteiger partial charge >= 0.3 is 0 Å². The number of amidine groups is 1. The van der Waals surface area contributed by atoms with Crippen LogP contribution >= 0.6 is 0 Å². The molecule has 0 fully saturated rings. The summed E-state index contributed by atoms with van der Waals surface area (Å²) in [7, 11) is 0. The number of nitrogens with one attached hydrogen (secondary N) is 1. The number of pyridine rings is 1. The van der Waals surface area contributed by atoms with Crippen LogP contribution in [0.2, 0.25) is 0 Å². The molecule has 0 aliphatic heterocycles. The van der Waals surface area contributed by atoms with Gasteiger partial charge in [-0.3, -0.25) is 10.4 Å². The number of nitrogens with zero attached hydrogens (tertiary/aromatic N) is 3. The molecule has 0 bridgehead atoms. The summed E-state index contributed by atoms with van der Waals surface area (Å²) in [6.45, 7) is 0.644. The molecule has 0 spiro atoms. The highest BCUT2D eigenvalue weighted by molar-refractivity contribution is 5.96. The molecule has 0 saturated heterocycles. The SMILES string of the molecule is N=C(N)c1ccccc1Cn1ccnc1Cc1cccnc1. The normalized spacial score (nSPS) is 10.5. The third kappa shape index (κ3) is 3.03. The van der Waals surface area contributed by atoms with E-state index in [4.69, 9.17) is 11.1 Å². The van der Waals surface area contributed by atoms with Gasteiger partial charge in [0.2, 0.25) is 0 Å². The predicted molar refractivity (Wildman–Crippen MR) is 85.8 cm³/mol. The lowest BCUT2D eigenvalue weighted by Crippen LogP contribution is -2.15. The van der Waals surface area contributed by atoms with E-state index >= 15 is 0 Å². The molecule has 0 aliphatic carbocycles. The van der Waals surface area contributed by atoms with E-state index in [-0.39, 0.29) is 5.84 Å². The van der Waals surface area contributed by atoms with Gasteiger partial charge in [-0.2, -0.15) is 0 Å². The number of nitrogens with two attached hydrogens (primary N) is 1. The van der Waals surface area contributed by atoms with Gasteiger partial charge in [-0.1, -0.05) is 30.3 Å². The Morgan fingerprint density at radius 1 is 1.14 bits per heavy atom. The van der Waals surface area contributed by atoms with Gasteiger partial charge in [0.1, 0.15) is 11.7 Å². The summed E-state index contributed by atoms with van der Waals surface area (Å²) in [6.07, 6.45) is 8.08. The lowest BCUT2D eigenvalue weighted by molar-refractivity contribution is 0.739. The highest BCUT2D eigenvalue weighted by atomic mass is 15.1. The van der Waals surface area contributed by atoms with Crippen LogP contribution in [0.25, 0.3) is 0 Å². The molecule has 0 saturated carbocycles. The minimum atomic E-state index is 0.0875. The summed E-state index contributed by atoms with van der Waals surface area (Å²) in [5, 5.41) is 7.68. The van der Waals surface area contributed by atoms with E-state index < -0.39 is 0 Å². The van der Waals surface area contributed by atoms with E-state index in [2.05, 4.69) is 14.5 Å². The van der Waals surface area contributed by atoms with E-state index in [0.717, 1.165) is 28.9 Å². The number of nitrogen functional groups attached to an aromatic ring is 1. The molecule has 0 aliphatic rings. The van der Waals surface area contributed by atoms with E-state index in [1.165, 1.54) is 0 Å². The molecule has 0 radical (unpaired) electrons. The fourth-order valence-corrected chi connectivity index (χ4v) is 2.44. The van der Waals surface area contributed by atoms with E-state index in [1.54, 1.807) is 12.4 Å². The van der Waals surface area contributed by atoms with E-state index in [9.17, 15) is 0 Å². The molecule has 5 heteroatoms. The topological polar surface area (TPSA) is 80.6 Å². The summed E-state index contributed by atoms with van der Waals surface area (Å²) >= 11 is 0. The predicted octanol–water partition coefficient (Wildman–Crippen LogP) is 2.20. The first-order valence-corrected chi connectivity index (χ1v) is 7.05. The number of hydrogen-bond acceptors (Lipinski definition) is 3. The molecular weight excluding hydrogens is 274 g/mol. The monoisotopic (exact) mass is 291 g/mol. The molecule has 22 heavy (non-hydrogen) atoms. The van der Waals surface area contributed by atoms with Crippen LogP contribution in [-0.2, 0) is 13.0 Å².